The summed E-state index contributed by atoms with van der Waals surface area (Å²) >= 11 is 1.16. The Labute approximate surface area is 156 Å². The lowest BCUT2D eigenvalue weighted by atomic mass is 9.99. The van der Waals surface area contributed by atoms with Crippen LogP contribution in [0.4, 0.5) is 0 Å². The van der Waals surface area contributed by atoms with Crippen molar-refractivity contribution in [3.8, 4) is 0 Å². The van der Waals surface area contributed by atoms with Crippen LogP contribution in [-0.4, -0.2) is 37.6 Å². The maximum absolute atomic E-state index is 12.6. The number of hydrogen-bond donors (Lipinski definition) is 2. The topological polar surface area (TPSA) is 95.6 Å². The van der Waals surface area contributed by atoms with E-state index in [1.165, 1.54) is 4.31 Å². The highest BCUT2D eigenvalue weighted by atomic mass is 32.2. The zero-order valence-corrected chi connectivity index (χ0v) is 15.6. The fourth-order valence-corrected chi connectivity index (χ4v) is 5.46. The standard InChI is InChI=1S/C17H19N3O4S2/c21-16(13-6-2-1-3-7-13)18-19-17(22)14-8-4-10-20(12-14)26(23,24)15-9-5-11-25-15/h1-3,5-7,9,11,14H,4,8,10,12H2,(H,18,21)(H,19,22). The number of carbonyl (C=O) groups excluding carboxylic acids is 2. The molecule has 2 heterocycles. The number of thiophene rings is 1. The molecule has 3 rings (SSSR count). The van der Waals surface area contributed by atoms with Crippen LogP contribution in [0.5, 0.6) is 0 Å². The van der Waals surface area contributed by atoms with Crippen LogP contribution >= 0.6 is 11.3 Å². The SMILES string of the molecule is O=C(NNC(=O)C1CCCN(S(=O)(=O)c2cccs2)C1)c1ccccc1. The molecule has 2 amide bonds. The first-order chi connectivity index (χ1) is 12.5. The molecule has 2 N–H and O–H groups in total. The highest BCUT2D eigenvalue weighted by Crippen LogP contribution is 2.26. The lowest BCUT2D eigenvalue weighted by molar-refractivity contribution is -0.126. The highest BCUT2D eigenvalue weighted by Gasteiger charge is 2.33. The lowest BCUT2D eigenvalue weighted by Crippen LogP contribution is -2.49. The predicted octanol–water partition coefficient (Wildman–Crippen LogP) is 1.61. The maximum atomic E-state index is 12.6. The second kappa shape index (κ2) is 7.98. The Morgan fingerprint density at radius 3 is 2.54 bits per heavy atom. The van der Waals surface area contributed by atoms with E-state index in [9.17, 15) is 18.0 Å². The fraction of sp³-hybridized carbons (Fsp3) is 0.294. The molecule has 0 spiro atoms. The number of hydrogen-bond acceptors (Lipinski definition) is 5. The molecular formula is C17H19N3O4S2. The number of carbonyl (C=O) groups is 2. The average Bonchev–Trinajstić information content (AvgIpc) is 3.22. The summed E-state index contributed by atoms with van der Waals surface area (Å²) in [5.41, 5.74) is 5.20. The molecule has 9 heteroatoms. The Kier molecular flexibility index (Phi) is 5.70. The molecule has 26 heavy (non-hydrogen) atoms. The molecule has 1 aromatic carbocycles. The number of piperidine rings is 1. The summed E-state index contributed by atoms with van der Waals surface area (Å²) in [4.78, 5) is 24.3. The van der Waals surface area contributed by atoms with Crippen molar-refractivity contribution in [3.63, 3.8) is 0 Å². The van der Waals surface area contributed by atoms with Gasteiger partial charge in [-0.2, -0.15) is 4.31 Å². The van der Waals surface area contributed by atoms with Gasteiger partial charge in [0.1, 0.15) is 4.21 Å². The van der Waals surface area contributed by atoms with Gasteiger partial charge in [0, 0.05) is 18.7 Å². The van der Waals surface area contributed by atoms with Gasteiger partial charge in [-0.05, 0) is 36.4 Å². The molecule has 1 aliphatic rings. The Balaban J connectivity index is 1.59. The molecule has 0 aliphatic carbocycles. The summed E-state index contributed by atoms with van der Waals surface area (Å²) in [5.74, 6) is -1.31. The first-order valence-electron chi connectivity index (χ1n) is 8.17. The van der Waals surface area contributed by atoms with Crippen molar-refractivity contribution < 1.29 is 18.0 Å². The van der Waals surface area contributed by atoms with Crippen molar-refractivity contribution in [2.45, 2.75) is 17.1 Å². The minimum Gasteiger partial charge on any atom is -0.273 e. The summed E-state index contributed by atoms with van der Waals surface area (Å²) in [6, 6.07) is 11.8. The first-order valence-corrected chi connectivity index (χ1v) is 10.5. The molecule has 1 aliphatic heterocycles. The van der Waals surface area contributed by atoms with Gasteiger partial charge < -0.3 is 0 Å². The van der Waals surface area contributed by atoms with E-state index in [1.54, 1.807) is 47.8 Å². The van der Waals surface area contributed by atoms with E-state index in [0.29, 0.717) is 24.9 Å². The van der Waals surface area contributed by atoms with E-state index in [4.69, 9.17) is 0 Å². The van der Waals surface area contributed by atoms with Gasteiger partial charge in [-0.1, -0.05) is 24.3 Å². The van der Waals surface area contributed by atoms with Crippen molar-refractivity contribution >= 4 is 33.2 Å². The average molecular weight is 393 g/mol. The third kappa shape index (κ3) is 4.12. The Morgan fingerprint density at radius 1 is 1.08 bits per heavy atom. The van der Waals surface area contributed by atoms with Crippen molar-refractivity contribution in [1.82, 2.24) is 15.2 Å². The molecule has 1 fully saturated rings. The number of rotatable bonds is 4. The highest BCUT2D eigenvalue weighted by molar-refractivity contribution is 7.91. The smallest absolute Gasteiger partial charge is 0.269 e. The molecule has 1 unspecified atom stereocenters. The third-order valence-electron chi connectivity index (χ3n) is 4.18. The van der Waals surface area contributed by atoms with Crippen LogP contribution in [-0.2, 0) is 14.8 Å². The number of benzene rings is 1. The zero-order chi connectivity index (χ0) is 18.6. The minimum atomic E-state index is -3.57. The zero-order valence-electron chi connectivity index (χ0n) is 13.9. The molecule has 7 nitrogen and oxygen atoms in total. The number of hydrazine groups is 1. The minimum absolute atomic E-state index is 0.104. The van der Waals surface area contributed by atoms with Crippen LogP contribution in [0, 0.1) is 5.92 Å². The number of amides is 2. The predicted molar refractivity (Wildman–Crippen MR) is 97.9 cm³/mol. The molecule has 0 bridgehead atoms. The van der Waals surface area contributed by atoms with E-state index >= 15 is 0 Å². The molecular weight excluding hydrogens is 374 g/mol. The van der Waals surface area contributed by atoms with Gasteiger partial charge in [-0.25, -0.2) is 8.42 Å². The largest absolute Gasteiger partial charge is 0.273 e. The fourth-order valence-electron chi connectivity index (χ4n) is 2.79. The summed E-state index contributed by atoms with van der Waals surface area (Å²) < 4.78 is 26.8. The summed E-state index contributed by atoms with van der Waals surface area (Å²) in [6.07, 6.45) is 1.17. The van der Waals surface area contributed by atoms with Crippen molar-refractivity contribution in [1.29, 1.82) is 0 Å². The third-order valence-corrected chi connectivity index (χ3v) is 7.42. The molecule has 1 aromatic heterocycles. The van der Waals surface area contributed by atoms with Crippen molar-refractivity contribution in [2.75, 3.05) is 13.1 Å². The molecule has 0 saturated carbocycles. The van der Waals surface area contributed by atoms with Gasteiger partial charge in [-0.3, -0.25) is 20.4 Å². The van der Waals surface area contributed by atoms with E-state index in [0.717, 1.165) is 11.3 Å². The Hall–Kier alpha value is -2.23. The summed E-state index contributed by atoms with van der Waals surface area (Å²) in [6.45, 7) is 0.494. The van der Waals surface area contributed by atoms with Crippen LogP contribution in [0.3, 0.4) is 0 Å². The quantitative estimate of drug-likeness (QED) is 0.772. The summed E-state index contributed by atoms with van der Waals surface area (Å²) in [5, 5.41) is 1.71. The second-order valence-corrected chi connectivity index (χ2v) is 9.06. The van der Waals surface area contributed by atoms with Gasteiger partial charge >= 0.3 is 0 Å². The van der Waals surface area contributed by atoms with Crippen molar-refractivity contribution in [3.05, 3.63) is 53.4 Å². The van der Waals surface area contributed by atoms with Crippen LogP contribution in [0.25, 0.3) is 0 Å². The summed E-state index contributed by atoms with van der Waals surface area (Å²) in [7, 11) is -3.57. The number of nitrogens with zero attached hydrogens (tertiary/aromatic N) is 1. The van der Waals surface area contributed by atoms with Crippen LogP contribution in [0.1, 0.15) is 23.2 Å². The van der Waals surface area contributed by atoms with Gasteiger partial charge in [0.2, 0.25) is 5.91 Å². The van der Waals surface area contributed by atoms with E-state index < -0.39 is 21.8 Å². The molecule has 1 atom stereocenters. The lowest BCUT2D eigenvalue weighted by Gasteiger charge is -2.30. The van der Waals surface area contributed by atoms with Crippen molar-refractivity contribution in [2.24, 2.45) is 5.92 Å². The normalized spacial score (nSPS) is 18.2. The molecule has 1 saturated heterocycles. The van der Waals surface area contributed by atoms with Gasteiger partial charge in [0.05, 0.1) is 5.92 Å². The van der Waals surface area contributed by atoms with Crippen LogP contribution in [0.2, 0.25) is 0 Å². The van der Waals surface area contributed by atoms with Crippen LogP contribution in [0.15, 0.2) is 52.1 Å². The van der Waals surface area contributed by atoms with Crippen LogP contribution < -0.4 is 10.9 Å². The Morgan fingerprint density at radius 2 is 1.85 bits per heavy atom. The second-order valence-electron chi connectivity index (χ2n) is 5.94. The molecule has 0 radical (unpaired) electrons. The maximum Gasteiger partial charge on any atom is 0.269 e. The van der Waals surface area contributed by atoms with E-state index in [-0.39, 0.29) is 16.7 Å². The van der Waals surface area contributed by atoms with E-state index in [2.05, 4.69) is 10.9 Å². The Bertz CT molecular complexity index is 867. The monoisotopic (exact) mass is 393 g/mol. The van der Waals surface area contributed by atoms with Gasteiger partial charge in [0.25, 0.3) is 15.9 Å². The number of nitrogens with one attached hydrogen (secondary N) is 2. The van der Waals surface area contributed by atoms with Gasteiger partial charge in [0.15, 0.2) is 0 Å². The van der Waals surface area contributed by atoms with Gasteiger partial charge in [-0.15, -0.1) is 11.3 Å². The number of sulfonamides is 1. The first kappa shape index (κ1) is 18.6. The van der Waals surface area contributed by atoms with E-state index in [1.807, 2.05) is 0 Å². The molecule has 2 aromatic rings. The molecule has 138 valence electrons.